The highest BCUT2D eigenvalue weighted by atomic mass is 32.2. The number of methoxy groups -OCH3 is 1. The van der Waals surface area contributed by atoms with Gasteiger partial charge in [0.1, 0.15) is 11.6 Å². The highest BCUT2D eigenvalue weighted by molar-refractivity contribution is 7.84. The van der Waals surface area contributed by atoms with Crippen molar-refractivity contribution in [3.63, 3.8) is 0 Å². The number of imidazole rings is 1. The molecule has 0 bridgehead atoms. The van der Waals surface area contributed by atoms with Crippen LogP contribution >= 0.6 is 0 Å². The Morgan fingerprint density at radius 2 is 2.07 bits per heavy atom. The number of H-pyrrole nitrogens is 1. The highest BCUT2D eigenvalue weighted by Gasteiger charge is 2.20. The van der Waals surface area contributed by atoms with Gasteiger partial charge in [0.15, 0.2) is 5.16 Å². The van der Waals surface area contributed by atoms with Crippen molar-refractivity contribution in [3.05, 3.63) is 41.0 Å². The second-order valence-corrected chi connectivity index (χ2v) is 8.36. The van der Waals surface area contributed by atoms with Gasteiger partial charge in [-0.1, -0.05) is 0 Å². The minimum atomic E-state index is -1.45. The summed E-state index contributed by atoms with van der Waals surface area (Å²) in [4.78, 5) is 13.8. The average molecular weight is 418 g/mol. The molecule has 1 unspecified atom stereocenters. The maximum Gasteiger partial charge on any atom is 0.197 e. The van der Waals surface area contributed by atoms with E-state index in [-0.39, 0.29) is 11.6 Å². The number of aromatic nitrogens is 3. The molecule has 0 amide bonds. The Morgan fingerprint density at radius 1 is 1.31 bits per heavy atom. The molecule has 9 heteroatoms. The zero-order valence-electron chi connectivity index (χ0n) is 16.6. The van der Waals surface area contributed by atoms with E-state index in [1.807, 2.05) is 18.7 Å². The first-order valence-corrected chi connectivity index (χ1v) is 10.7. The van der Waals surface area contributed by atoms with E-state index in [1.165, 1.54) is 6.07 Å². The van der Waals surface area contributed by atoms with Gasteiger partial charge in [0.25, 0.3) is 0 Å². The molecule has 1 N–H and O–H groups in total. The normalized spacial score (nSPS) is 15.7. The molecule has 0 radical (unpaired) electrons. The van der Waals surface area contributed by atoms with E-state index in [1.54, 1.807) is 19.4 Å². The maximum atomic E-state index is 14.6. The number of nitrogens with one attached hydrogen (secondary N) is 1. The van der Waals surface area contributed by atoms with E-state index in [0.717, 1.165) is 16.9 Å². The average Bonchev–Trinajstić information content (AvgIpc) is 3.13. The van der Waals surface area contributed by atoms with Gasteiger partial charge < -0.3 is 19.4 Å². The number of halogens is 1. The van der Waals surface area contributed by atoms with Gasteiger partial charge in [-0.05, 0) is 19.9 Å². The standard InChI is InChI=1S/C20H23FN4O3S/c1-12-10-22-17(13(2)19(12)27-3)11-29(26)20-23-15-8-14(21)18(9-16(15)24-20)25-4-6-28-7-5-25/h8-10H,4-7,11H2,1-3H3,(H,23,24). The summed E-state index contributed by atoms with van der Waals surface area (Å²) < 4.78 is 38.3. The Labute approximate surface area is 170 Å². The summed E-state index contributed by atoms with van der Waals surface area (Å²) in [5.41, 5.74) is 4.07. The number of rotatable bonds is 5. The van der Waals surface area contributed by atoms with Gasteiger partial charge in [-0.3, -0.25) is 9.19 Å². The van der Waals surface area contributed by atoms with Gasteiger partial charge in [0.2, 0.25) is 0 Å². The largest absolute Gasteiger partial charge is 0.496 e. The quantitative estimate of drug-likeness (QED) is 0.686. The van der Waals surface area contributed by atoms with Gasteiger partial charge >= 0.3 is 0 Å². The smallest absolute Gasteiger partial charge is 0.197 e. The summed E-state index contributed by atoms with van der Waals surface area (Å²) in [7, 11) is 0.154. The van der Waals surface area contributed by atoms with Crippen LogP contribution in [0.3, 0.4) is 0 Å². The molecule has 0 spiro atoms. The Morgan fingerprint density at radius 3 is 2.79 bits per heavy atom. The molecule has 1 aliphatic rings. The first-order chi connectivity index (χ1) is 14.0. The van der Waals surface area contributed by atoms with Crippen molar-refractivity contribution in [1.82, 2.24) is 15.0 Å². The van der Waals surface area contributed by atoms with Crippen LogP contribution in [0.5, 0.6) is 5.75 Å². The Hall–Kier alpha value is -2.52. The number of anilines is 1. The molecule has 7 nitrogen and oxygen atoms in total. The van der Waals surface area contributed by atoms with Crippen LogP contribution in [0.4, 0.5) is 10.1 Å². The van der Waals surface area contributed by atoms with E-state index in [9.17, 15) is 8.60 Å². The molecule has 1 fully saturated rings. The molecular weight excluding hydrogens is 395 g/mol. The third-order valence-corrected chi connectivity index (χ3v) is 6.27. The SMILES string of the molecule is COc1c(C)cnc(CS(=O)c2nc3cc(N4CCOCC4)c(F)cc3[nH]2)c1C. The van der Waals surface area contributed by atoms with Crippen LogP contribution in [0.1, 0.15) is 16.8 Å². The van der Waals surface area contributed by atoms with Crippen molar-refractivity contribution < 1.29 is 18.1 Å². The predicted octanol–water partition coefficient (Wildman–Crippen LogP) is 2.87. The topological polar surface area (TPSA) is 80.3 Å². The fraction of sp³-hybridized carbons (Fsp3) is 0.400. The second kappa shape index (κ2) is 8.08. The number of aryl methyl sites for hydroxylation is 1. The molecule has 0 saturated carbocycles. The number of morpholine rings is 1. The van der Waals surface area contributed by atoms with E-state index in [2.05, 4.69) is 15.0 Å². The highest BCUT2D eigenvalue weighted by Crippen LogP contribution is 2.28. The van der Waals surface area contributed by atoms with Crippen molar-refractivity contribution in [1.29, 1.82) is 0 Å². The fourth-order valence-electron chi connectivity index (χ4n) is 3.56. The summed E-state index contributed by atoms with van der Waals surface area (Å²) in [5.74, 6) is 0.608. The minimum absolute atomic E-state index is 0.196. The molecule has 3 heterocycles. The number of hydrogen-bond acceptors (Lipinski definition) is 6. The molecule has 2 aromatic heterocycles. The lowest BCUT2D eigenvalue weighted by molar-refractivity contribution is 0.122. The molecule has 1 saturated heterocycles. The van der Waals surface area contributed by atoms with E-state index in [4.69, 9.17) is 9.47 Å². The third kappa shape index (κ3) is 3.84. The molecule has 3 aromatic rings. The lowest BCUT2D eigenvalue weighted by Gasteiger charge is -2.29. The summed E-state index contributed by atoms with van der Waals surface area (Å²) in [6, 6.07) is 3.11. The van der Waals surface area contributed by atoms with Crippen molar-refractivity contribution >= 4 is 27.5 Å². The van der Waals surface area contributed by atoms with Gasteiger partial charge in [0, 0.05) is 36.5 Å². The molecule has 1 aromatic carbocycles. The van der Waals surface area contributed by atoms with Crippen LogP contribution in [0.2, 0.25) is 0 Å². The van der Waals surface area contributed by atoms with Crippen LogP contribution in [0, 0.1) is 19.7 Å². The zero-order valence-corrected chi connectivity index (χ0v) is 17.4. The fourth-order valence-corrected chi connectivity index (χ4v) is 4.66. The number of hydrogen-bond donors (Lipinski definition) is 1. The lowest BCUT2D eigenvalue weighted by atomic mass is 10.1. The number of aromatic amines is 1. The Bertz CT molecular complexity index is 1080. The molecule has 0 aliphatic carbocycles. The molecule has 29 heavy (non-hydrogen) atoms. The van der Waals surface area contributed by atoms with Crippen molar-refractivity contribution in [3.8, 4) is 5.75 Å². The van der Waals surface area contributed by atoms with Gasteiger partial charge in [-0.15, -0.1) is 0 Å². The molecule has 4 rings (SSSR count). The van der Waals surface area contributed by atoms with Crippen LogP contribution in [-0.4, -0.2) is 52.6 Å². The van der Waals surface area contributed by atoms with Crippen molar-refractivity contribution in [2.24, 2.45) is 0 Å². The summed E-state index contributed by atoms with van der Waals surface area (Å²) in [6.07, 6.45) is 1.71. The number of benzene rings is 1. The molecular formula is C20H23FN4O3S. The third-order valence-electron chi connectivity index (χ3n) is 5.11. The molecule has 154 valence electrons. The summed E-state index contributed by atoms with van der Waals surface area (Å²) in [6.45, 7) is 6.21. The van der Waals surface area contributed by atoms with Crippen LogP contribution in [-0.2, 0) is 21.3 Å². The predicted molar refractivity (Wildman–Crippen MR) is 109 cm³/mol. The summed E-state index contributed by atoms with van der Waals surface area (Å²) >= 11 is 0. The van der Waals surface area contributed by atoms with Gasteiger partial charge in [0.05, 0.1) is 59.3 Å². The van der Waals surface area contributed by atoms with Crippen molar-refractivity contribution in [2.45, 2.75) is 24.8 Å². The van der Waals surface area contributed by atoms with Crippen LogP contribution in [0.25, 0.3) is 11.0 Å². The molecule has 1 aliphatic heterocycles. The number of fused-ring (bicyclic) bond motifs is 1. The van der Waals surface area contributed by atoms with Crippen LogP contribution < -0.4 is 9.64 Å². The maximum absolute atomic E-state index is 14.6. The first kappa shape index (κ1) is 19.8. The van der Waals surface area contributed by atoms with Gasteiger partial charge in [-0.25, -0.2) is 9.37 Å². The second-order valence-electron chi connectivity index (χ2n) is 7.00. The van der Waals surface area contributed by atoms with Crippen molar-refractivity contribution in [2.75, 3.05) is 38.3 Å². The monoisotopic (exact) mass is 418 g/mol. The van der Waals surface area contributed by atoms with E-state index < -0.39 is 10.8 Å². The van der Waals surface area contributed by atoms with E-state index >= 15 is 0 Å². The number of ether oxygens (including phenoxy) is 2. The Kier molecular flexibility index (Phi) is 5.51. The first-order valence-electron chi connectivity index (χ1n) is 9.37. The van der Waals surface area contributed by atoms with Crippen LogP contribution in [0.15, 0.2) is 23.5 Å². The lowest BCUT2D eigenvalue weighted by Crippen LogP contribution is -2.36. The zero-order chi connectivity index (χ0) is 20.5. The molecule has 1 atom stereocenters. The van der Waals surface area contributed by atoms with Gasteiger partial charge in [-0.2, -0.15) is 0 Å². The minimum Gasteiger partial charge on any atom is -0.496 e. The van der Waals surface area contributed by atoms with E-state index in [0.29, 0.717) is 53.9 Å². The summed E-state index contributed by atoms with van der Waals surface area (Å²) in [5, 5.41) is 0.305. The Balaban J connectivity index is 1.62. The number of pyridine rings is 1. The number of nitrogens with zero attached hydrogens (tertiary/aromatic N) is 3.